The highest BCUT2D eigenvalue weighted by Crippen LogP contribution is 2.35. The number of H-pyrrole nitrogens is 1. The summed E-state index contributed by atoms with van der Waals surface area (Å²) in [6.45, 7) is 7.08. The average Bonchev–Trinajstić information content (AvgIpc) is 3.30. The monoisotopic (exact) mass is 444 g/mol. The molecule has 1 saturated heterocycles. The molecule has 33 heavy (non-hydrogen) atoms. The van der Waals surface area contributed by atoms with E-state index in [1.54, 1.807) is 11.0 Å². The highest BCUT2D eigenvalue weighted by molar-refractivity contribution is 5.93. The molecule has 1 aliphatic rings. The standard InChI is InChI=1S/C27H32N4O2/c1-18(2)23-15-24(30-29-23)25(32)31-14-4-13-27(17-31,26(28)33)16-20-7-11-22(12-8-20)21-9-5-19(3)6-10-21/h5-12,15,18H,4,13-14,16-17H2,1-3H3,(H2,28,33)(H,29,30)/t27-/m0/s1. The summed E-state index contributed by atoms with van der Waals surface area (Å²) < 4.78 is 0. The van der Waals surface area contributed by atoms with Crippen molar-refractivity contribution in [2.24, 2.45) is 11.1 Å². The Labute approximate surface area is 195 Å². The fourth-order valence-electron chi connectivity index (χ4n) is 4.59. The minimum Gasteiger partial charge on any atom is -0.369 e. The summed E-state index contributed by atoms with van der Waals surface area (Å²) in [5.41, 5.74) is 11.0. The summed E-state index contributed by atoms with van der Waals surface area (Å²) >= 11 is 0. The van der Waals surface area contributed by atoms with Crippen molar-refractivity contribution in [2.75, 3.05) is 13.1 Å². The molecule has 6 nitrogen and oxygen atoms in total. The number of amides is 2. The van der Waals surface area contributed by atoms with Crippen LogP contribution in [0.25, 0.3) is 11.1 Å². The van der Waals surface area contributed by atoms with Crippen LogP contribution in [-0.2, 0) is 11.2 Å². The Morgan fingerprint density at radius 2 is 1.73 bits per heavy atom. The number of rotatable bonds is 6. The lowest BCUT2D eigenvalue weighted by molar-refractivity contribution is -0.130. The Balaban J connectivity index is 1.52. The van der Waals surface area contributed by atoms with Crippen molar-refractivity contribution >= 4 is 11.8 Å². The third kappa shape index (κ3) is 4.85. The van der Waals surface area contributed by atoms with Gasteiger partial charge in [-0.2, -0.15) is 5.10 Å². The van der Waals surface area contributed by atoms with E-state index in [4.69, 9.17) is 5.73 Å². The van der Waals surface area contributed by atoms with E-state index < -0.39 is 5.41 Å². The van der Waals surface area contributed by atoms with E-state index in [0.717, 1.165) is 28.8 Å². The van der Waals surface area contributed by atoms with Crippen LogP contribution in [0, 0.1) is 12.3 Å². The molecule has 1 aliphatic heterocycles. The third-order valence-electron chi connectivity index (χ3n) is 6.71. The molecule has 0 spiro atoms. The number of aromatic nitrogens is 2. The van der Waals surface area contributed by atoms with Gasteiger partial charge in [-0.25, -0.2) is 0 Å². The van der Waals surface area contributed by atoms with Crippen molar-refractivity contribution in [2.45, 2.75) is 46.0 Å². The molecule has 4 rings (SSSR count). The first-order chi connectivity index (χ1) is 15.8. The van der Waals surface area contributed by atoms with Crippen LogP contribution in [-0.4, -0.2) is 40.0 Å². The molecule has 172 valence electrons. The second kappa shape index (κ2) is 9.22. The van der Waals surface area contributed by atoms with Crippen LogP contribution >= 0.6 is 0 Å². The van der Waals surface area contributed by atoms with Crippen LogP contribution in [0.1, 0.15) is 59.9 Å². The maximum Gasteiger partial charge on any atom is 0.274 e. The van der Waals surface area contributed by atoms with Crippen LogP contribution in [0.4, 0.5) is 0 Å². The molecule has 0 unspecified atom stereocenters. The maximum atomic E-state index is 13.1. The molecule has 0 aliphatic carbocycles. The first-order valence-electron chi connectivity index (χ1n) is 11.6. The summed E-state index contributed by atoms with van der Waals surface area (Å²) in [5.74, 6) is -0.251. The van der Waals surface area contributed by atoms with Gasteiger partial charge in [-0.05, 0) is 54.9 Å². The Bertz CT molecular complexity index is 1130. The second-order valence-corrected chi connectivity index (χ2v) is 9.58. The number of hydrogen-bond donors (Lipinski definition) is 2. The molecule has 3 N–H and O–H groups in total. The maximum absolute atomic E-state index is 13.1. The largest absolute Gasteiger partial charge is 0.369 e. The lowest BCUT2D eigenvalue weighted by Crippen LogP contribution is -2.53. The summed E-state index contributed by atoms with van der Waals surface area (Å²) in [7, 11) is 0. The minimum atomic E-state index is -0.781. The van der Waals surface area contributed by atoms with Gasteiger partial charge in [0.15, 0.2) is 0 Å². The van der Waals surface area contributed by atoms with Crippen molar-refractivity contribution in [1.29, 1.82) is 0 Å². The van der Waals surface area contributed by atoms with Gasteiger partial charge in [-0.15, -0.1) is 0 Å². The van der Waals surface area contributed by atoms with Gasteiger partial charge < -0.3 is 10.6 Å². The zero-order valence-electron chi connectivity index (χ0n) is 19.6. The van der Waals surface area contributed by atoms with Gasteiger partial charge in [0, 0.05) is 18.8 Å². The van der Waals surface area contributed by atoms with Gasteiger partial charge in [0.25, 0.3) is 5.91 Å². The molecule has 0 bridgehead atoms. The van der Waals surface area contributed by atoms with Crippen LogP contribution in [0.5, 0.6) is 0 Å². The van der Waals surface area contributed by atoms with E-state index in [0.29, 0.717) is 31.6 Å². The number of aromatic amines is 1. The number of aryl methyl sites for hydroxylation is 1. The van der Waals surface area contributed by atoms with E-state index in [1.165, 1.54) is 5.56 Å². The van der Waals surface area contributed by atoms with E-state index in [-0.39, 0.29) is 17.7 Å². The molecule has 0 saturated carbocycles. The molecule has 2 heterocycles. The van der Waals surface area contributed by atoms with Crippen LogP contribution in [0.3, 0.4) is 0 Å². The number of likely N-dealkylation sites (tertiary alicyclic amines) is 1. The topological polar surface area (TPSA) is 92.1 Å². The molecule has 2 aromatic carbocycles. The zero-order valence-corrected chi connectivity index (χ0v) is 19.6. The minimum absolute atomic E-state index is 0.154. The first kappa shape index (κ1) is 22.8. The smallest absolute Gasteiger partial charge is 0.274 e. The quantitative estimate of drug-likeness (QED) is 0.588. The summed E-state index contributed by atoms with van der Waals surface area (Å²) in [5, 5.41) is 7.14. The van der Waals surface area contributed by atoms with Crippen LogP contribution < -0.4 is 5.73 Å². The summed E-state index contributed by atoms with van der Waals surface area (Å²) in [6, 6.07) is 18.5. The predicted molar refractivity (Wildman–Crippen MR) is 130 cm³/mol. The van der Waals surface area contributed by atoms with E-state index >= 15 is 0 Å². The zero-order chi connectivity index (χ0) is 23.6. The van der Waals surface area contributed by atoms with Crippen LogP contribution in [0.15, 0.2) is 54.6 Å². The Hall–Kier alpha value is -3.41. The molecular formula is C27H32N4O2. The van der Waals surface area contributed by atoms with Gasteiger partial charge in [0.2, 0.25) is 5.91 Å². The van der Waals surface area contributed by atoms with Crippen molar-refractivity contribution < 1.29 is 9.59 Å². The van der Waals surface area contributed by atoms with Crippen LogP contribution in [0.2, 0.25) is 0 Å². The fraction of sp³-hybridized carbons (Fsp3) is 0.370. The number of carbonyl (C=O) groups excluding carboxylic acids is 2. The van der Waals surface area contributed by atoms with E-state index in [2.05, 4.69) is 65.7 Å². The van der Waals surface area contributed by atoms with Crippen molar-refractivity contribution in [3.05, 3.63) is 77.1 Å². The van der Waals surface area contributed by atoms with Gasteiger partial charge in [0.1, 0.15) is 5.69 Å². The molecule has 1 atom stereocenters. The Morgan fingerprint density at radius 1 is 1.09 bits per heavy atom. The third-order valence-corrected chi connectivity index (χ3v) is 6.71. The number of nitrogens with zero attached hydrogens (tertiary/aromatic N) is 2. The fourth-order valence-corrected chi connectivity index (χ4v) is 4.59. The van der Waals surface area contributed by atoms with Gasteiger partial charge in [-0.3, -0.25) is 14.7 Å². The van der Waals surface area contributed by atoms with Crippen molar-refractivity contribution in [1.82, 2.24) is 15.1 Å². The SMILES string of the molecule is Cc1ccc(-c2ccc(C[C@@]3(C(N)=O)CCCN(C(=O)c4cc(C(C)C)[nH]n4)C3)cc2)cc1. The Kier molecular flexibility index (Phi) is 6.36. The number of carbonyl (C=O) groups is 2. The second-order valence-electron chi connectivity index (χ2n) is 9.58. The number of nitrogens with one attached hydrogen (secondary N) is 1. The molecule has 0 radical (unpaired) electrons. The lowest BCUT2D eigenvalue weighted by atomic mass is 9.74. The van der Waals surface area contributed by atoms with Crippen molar-refractivity contribution in [3.8, 4) is 11.1 Å². The highest BCUT2D eigenvalue weighted by atomic mass is 16.2. The first-order valence-corrected chi connectivity index (χ1v) is 11.6. The predicted octanol–water partition coefficient (Wildman–Crippen LogP) is 4.46. The number of hydrogen-bond acceptors (Lipinski definition) is 3. The molecule has 1 aromatic heterocycles. The lowest BCUT2D eigenvalue weighted by Gasteiger charge is -2.40. The van der Waals surface area contributed by atoms with E-state index in [9.17, 15) is 9.59 Å². The van der Waals surface area contributed by atoms with Gasteiger partial charge in [0.05, 0.1) is 5.41 Å². The molecule has 6 heteroatoms. The molecule has 2 amide bonds. The number of piperidine rings is 1. The van der Waals surface area contributed by atoms with Gasteiger partial charge >= 0.3 is 0 Å². The molecule has 3 aromatic rings. The number of benzene rings is 2. The average molecular weight is 445 g/mol. The molecular weight excluding hydrogens is 412 g/mol. The normalized spacial score (nSPS) is 18.5. The van der Waals surface area contributed by atoms with Gasteiger partial charge in [-0.1, -0.05) is 67.9 Å². The Morgan fingerprint density at radius 3 is 2.30 bits per heavy atom. The molecule has 1 fully saturated rings. The van der Waals surface area contributed by atoms with Crippen molar-refractivity contribution in [3.63, 3.8) is 0 Å². The number of primary amides is 1. The summed E-state index contributed by atoms with van der Waals surface area (Å²) in [6.07, 6.45) is 1.92. The summed E-state index contributed by atoms with van der Waals surface area (Å²) in [4.78, 5) is 27.5. The van der Waals surface area contributed by atoms with E-state index in [1.807, 2.05) is 13.8 Å². The number of nitrogens with two attached hydrogens (primary N) is 1. The highest BCUT2D eigenvalue weighted by Gasteiger charge is 2.42.